The topological polar surface area (TPSA) is 51.1 Å². The molecule has 0 saturated carbocycles. The second kappa shape index (κ2) is 9.79. The van der Waals surface area contributed by atoms with E-state index in [-0.39, 0.29) is 17.9 Å². The Kier molecular flexibility index (Phi) is 7.15. The third-order valence-corrected chi connectivity index (χ3v) is 5.01. The molecule has 0 radical (unpaired) electrons. The molecule has 2 aromatic carbocycles. The third-order valence-electron chi connectivity index (χ3n) is 4.77. The fourth-order valence-electron chi connectivity index (χ4n) is 3.40. The van der Waals surface area contributed by atoms with Gasteiger partial charge in [-0.3, -0.25) is 4.79 Å². The highest BCUT2D eigenvalue weighted by Gasteiger charge is 2.28. The Morgan fingerprint density at radius 1 is 1.28 bits per heavy atom. The van der Waals surface area contributed by atoms with E-state index in [2.05, 4.69) is 5.16 Å². The lowest BCUT2D eigenvalue weighted by Gasteiger charge is -2.26. The summed E-state index contributed by atoms with van der Waals surface area (Å²) in [5.41, 5.74) is 2.76. The zero-order chi connectivity index (χ0) is 20.8. The number of carbonyl (C=O) groups excluding carboxylic acids is 1. The minimum atomic E-state index is -0.190. The van der Waals surface area contributed by atoms with Gasteiger partial charge in [0.2, 0.25) is 5.91 Å². The largest absolute Gasteiger partial charge is 0.496 e. The Balaban J connectivity index is 1.70. The summed E-state index contributed by atoms with van der Waals surface area (Å²) in [5.74, 6) is 1.16. The summed E-state index contributed by atoms with van der Waals surface area (Å²) in [6.07, 6.45) is 0.930. The number of nitrogens with zero attached hydrogens (tertiary/aromatic N) is 2. The van der Waals surface area contributed by atoms with Crippen molar-refractivity contribution in [1.82, 2.24) is 4.90 Å². The van der Waals surface area contributed by atoms with Crippen LogP contribution in [0.3, 0.4) is 0 Å². The van der Waals surface area contributed by atoms with Crippen LogP contribution >= 0.6 is 11.6 Å². The molecule has 0 saturated heterocycles. The maximum Gasteiger partial charge on any atom is 0.223 e. The zero-order valence-corrected chi connectivity index (χ0v) is 17.9. The predicted molar refractivity (Wildman–Crippen MR) is 115 cm³/mol. The van der Waals surface area contributed by atoms with E-state index in [9.17, 15) is 4.79 Å². The van der Waals surface area contributed by atoms with E-state index >= 15 is 0 Å². The van der Waals surface area contributed by atoms with Gasteiger partial charge in [0.05, 0.1) is 19.4 Å². The molecule has 0 aromatic heterocycles. The number of ether oxygens (including phenoxy) is 1. The van der Waals surface area contributed by atoms with Crippen molar-refractivity contribution in [1.29, 1.82) is 0 Å². The molecule has 29 heavy (non-hydrogen) atoms. The molecule has 3 rings (SSSR count). The minimum absolute atomic E-state index is 0.106. The number of amides is 1. The van der Waals surface area contributed by atoms with Gasteiger partial charge >= 0.3 is 0 Å². The van der Waals surface area contributed by atoms with Crippen LogP contribution in [0.15, 0.2) is 53.7 Å². The number of oxime groups is 1. The lowest BCUT2D eigenvalue weighted by molar-refractivity contribution is -0.134. The summed E-state index contributed by atoms with van der Waals surface area (Å²) in [4.78, 5) is 20.4. The monoisotopic (exact) mass is 414 g/mol. The fourth-order valence-corrected chi connectivity index (χ4v) is 3.62. The van der Waals surface area contributed by atoms with Gasteiger partial charge in [-0.2, -0.15) is 0 Å². The van der Waals surface area contributed by atoms with Crippen LogP contribution in [-0.4, -0.2) is 36.3 Å². The van der Waals surface area contributed by atoms with Gasteiger partial charge < -0.3 is 14.5 Å². The first-order valence-electron chi connectivity index (χ1n) is 9.84. The zero-order valence-electron chi connectivity index (χ0n) is 17.1. The van der Waals surface area contributed by atoms with Crippen LogP contribution < -0.4 is 4.74 Å². The lowest BCUT2D eigenvalue weighted by Crippen LogP contribution is -2.37. The molecule has 1 atom stereocenters. The molecule has 1 amide bonds. The second-order valence-corrected chi connectivity index (χ2v) is 8.11. The number of rotatable bonds is 8. The van der Waals surface area contributed by atoms with E-state index in [1.54, 1.807) is 7.11 Å². The van der Waals surface area contributed by atoms with E-state index in [0.29, 0.717) is 31.0 Å². The second-order valence-electron chi connectivity index (χ2n) is 7.67. The van der Waals surface area contributed by atoms with Gasteiger partial charge in [0.15, 0.2) is 6.10 Å². The predicted octanol–water partition coefficient (Wildman–Crippen LogP) is 4.92. The van der Waals surface area contributed by atoms with Crippen LogP contribution in [-0.2, 0) is 16.2 Å². The smallest absolute Gasteiger partial charge is 0.223 e. The summed E-state index contributed by atoms with van der Waals surface area (Å²) >= 11 is 6.12. The molecule has 0 N–H and O–H groups in total. The number of hydrogen-bond acceptors (Lipinski definition) is 4. The third kappa shape index (κ3) is 5.73. The van der Waals surface area contributed by atoms with E-state index in [1.807, 2.05) is 67.3 Å². The van der Waals surface area contributed by atoms with Gasteiger partial charge in [-0.15, -0.1) is 0 Å². The van der Waals surface area contributed by atoms with Gasteiger partial charge in [-0.1, -0.05) is 54.9 Å². The van der Waals surface area contributed by atoms with Crippen LogP contribution in [0.2, 0.25) is 5.02 Å². The molecule has 0 fully saturated rings. The van der Waals surface area contributed by atoms with Crippen molar-refractivity contribution in [2.45, 2.75) is 39.3 Å². The van der Waals surface area contributed by atoms with Crippen molar-refractivity contribution in [3.05, 3.63) is 64.7 Å². The van der Waals surface area contributed by atoms with Crippen molar-refractivity contribution in [3.63, 3.8) is 0 Å². The van der Waals surface area contributed by atoms with E-state index < -0.39 is 0 Å². The maximum absolute atomic E-state index is 12.9. The summed E-state index contributed by atoms with van der Waals surface area (Å²) in [6, 6.07) is 15.4. The standard InChI is InChI=1S/C23H27ClN2O3/c1-16(2)11-23(27)26(14-17-7-6-8-18(24)12-17)15-19-13-21(25-29-19)20-9-4-5-10-22(20)28-3/h4-10,12,16,19H,11,13-15H2,1-3H3/t19-/m1/s1. The number of methoxy groups -OCH3 is 1. The van der Waals surface area contributed by atoms with Crippen LogP contribution in [0.5, 0.6) is 5.75 Å². The van der Waals surface area contributed by atoms with Crippen molar-refractivity contribution in [3.8, 4) is 5.75 Å². The molecule has 0 spiro atoms. The van der Waals surface area contributed by atoms with Crippen LogP contribution in [0.25, 0.3) is 0 Å². The molecule has 0 unspecified atom stereocenters. The van der Waals surface area contributed by atoms with Gasteiger partial charge in [-0.25, -0.2) is 0 Å². The number of halogens is 1. The first kappa shape index (κ1) is 21.2. The Morgan fingerprint density at radius 3 is 2.79 bits per heavy atom. The molecular weight excluding hydrogens is 388 g/mol. The average Bonchev–Trinajstić information content (AvgIpc) is 3.15. The molecule has 6 heteroatoms. The highest BCUT2D eigenvalue weighted by Crippen LogP contribution is 2.25. The Labute approximate surface area is 177 Å². The molecule has 0 bridgehead atoms. The number of para-hydroxylation sites is 1. The van der Waals surface area contributed by atoms with Crippen LogP contribution in [0, 0.1) is 5.92 Å². The Bertz CT molecular complexity index is 882. The Hall–Kier alpha value is -2.53. The lowest BCUT2D eigenvalue weighted by atomic mass is 10.0. The SMILES string of the molecule is COc1ccccc1C1=NO[C@@H](CN(Cc2cccc(Cl)c2)C(=O)CC(C)C)C1. The molecule has 0 aliphatic carbocycles. The highest BCUT2D eigenvalue weighted by atomic mass is 35.5. The number of hydrogen-bond donors (Lipinski definition) is 0. The molecular formula is C23H27ClN2O3. The fraction of sp³-hybridized carbons (Fsp3) is 0.391. The van der Waals surface area contributed by atoms with E-state index in [1.165, 1.54) is 0 Å². The summed E-state index contributed by atoms with van der Waals surface area (Å²) in [7, 11) is 1.64. The summed E-state index contributed by atoms with van der Waals surface area (Å²) < 4.78 is 5.43. The minimum Gasteiger partial charge on any atom is -0.496 e. The number of carbonyl (C=O) groups is 1. The van der Waals surface area contributed by atoms with Gasteiger partial charge in [0.1, 0.15) is 5.75 Å². The van der Waals surface area contributed by atoms with Gasteiger partial charge in [0.25, 0.3) is 0 Å². The molecule has 5 nitrogen and oxygen atoms in total. The van der Waals surface area contributed by atoms with Crippen LogP contribution in [0.1, 0.15) is 37.8 Å². The molecule has 1 heterocycles. The van der Waals surface area contributed by atoms with Gasteiger partial charge in [-0.05, 0) is 35.7 Å². The first-order valence-corrected chi connectivity index (χ1v) is 10.2. The van der Waals surface area contributed by atoms with E-state index in [0.717, 1.165) is 22.6 Å². The maximum atomic E-state index is 12.9. The molecule has 154 valence electrons. The van der Waals surface area contributed by atoms with Crippen molar-refractivity contribution in [2.75, 3.05) is 13.7 Å². The summed E-state index contributed by atoms with van der Waals surface area (Å²) in [5, 5.41) is 4.93. The van der Waals surface area contributed by atoms with Crippen LogP contribution in [0.4, 0.5) is 0 Å². The average molecular weight is 415 g/mol. The van der Waals surface area contributed by atoms with Crippen molar-refractivity contribution >= 4 is 23.2 Å². The Morgan fingerprint density at radius 2 is 2.07 bits per heavy atom. The van der Waals surface area contributed by atoms with Crippen molar-refractivity contribution in [2.24, 2.45) is 11.1 Å². The van der Waals surface area contributed by atoms with Gasteiger partial charge in [0, 0.05) is 30.0 Å². The molecule has 2 aromatic rings. The summed E-state index contributed by atoms with van der Waals surface area (Å²) in [6.45, 7) is 5.06. The normalized spacial score (nSPS) is 15.8. The first-order chi connectivity index (χ1) is 14.0. The quantitative estimate of drug-likeness (QED) is 0.616. The molecule has 1 aliphatic rings. The molecule has 1 aliphatic heterocycles. The highest BCUT2D eigenvalue weighted by molar-refractivity contribution is 6.30. The van der Waals surface area contributed by atoms with Crippen molar-refractivity contribution < 1.29 is 14.4 Å². The number of benzene rings is 2. The van der Waals surface area contributed by atoms with E-state index in [4.69, 9.17) is 21.2 Å².